The van der Waals surface area contributed by atoms with E-state index in [4.69, 9.17) is 5.73 Å². The minimum absolute atomic E-state index is 0.311. The minimum atomic E-state index is -0.666. The molecule has 0 heterocycles. The lowest BCUT2D eigenvalue weighted by Crippen LogP contribution is -2.42. The first-order valence-electron chi connectivity index (χ1n) is 4.36. The van der Waals surface area contributed by atoms with Crippen molar-refractivity contribution in [2.75, 3.05) is 0 Å². The van der Waals surface area contributed by atoms with Crippen LogP contribution in [0.15, 0.2) is 28.7 Å². The van der Waals surface area contributed by atoms with Gasteiger partial charge in [0.1, 0.15) is 6.04 Å². The van der Waals surface area contributed by atoms with Crippen LogP contribution in [-0.2, 0) is 4.79 Å². The molecule has 80 valence electrons. The van der Waals surface area contributed by atoms with Crippen molar-refractivity contribution in [3.63, 3.8) is 0 Å². The number of primary amides is 1. The summed E-state index contributed by atoms with van der Waals surface area (Å²) < 4.78 is 0.891. The van der Waals surface area contributed by atoms with Crippen molar-refractivity contribution in [3.05, 3.63) is 34.3 Å². The van der Waals surface area contributed by atoms with Crippen molar-refractivity contribution in [1.82, 2.24) is 5.32 Å². The van der Waals surface area contributed by atoms with Crippen LogP contribution in [0.25, 0.3) is 0 Å². The van der Waals surface area contributed by atoms with E-state index in [0.29, 0.717) is 5.56 Å². The number of benzene rings is 1. The number of amides is 2. The number of nitrogens with two attached hydrogens (primary N) is 1. The number of carbonyl (C=O) groups is 2. The van der Waals surface area contributed by atoms with Crippen molar-refractivity contribution < 1.29 is 9.59 Å². The first-order chi connectivity index (χ1) is 7.00. The average molecular weight is 271 g/mol. The van der Waals surface area contributed by atoms with E-state index >= 15 is 0 Å². The largest absolute Gasteiger partial charge is 0.368 e. The molecule has 5 heteroatoms. The van der Waals surface area contributed by atoms with Crippen LogP contribution in [0.5, 0.6) is 0 Å². The van der Waals surface area contributed by atoms with Crippen LogP contribution in [0.2, 0.25) is 0 Å². The van der Waals surface area contributed by atoms with Gasteiger partial charge in [0.25, 0.3) is 5.91 Å². The van der Waals surface area contributed by atoms with Gasteiger partial charge in [0, 0.05) is 10.0 Å². The van der Waals surface area contributed by atoms with E-state index in [2.05, 4.69) is 21.2 Å². The van der Waals surface area contributed by atoms with Gasteiger partial charge >= 0.3 is 0 Å². The minimum Gasteiger partial charge on any atom is -0.368 e. The lowest BCUT2D eigenvalue weighted by Gasteiger charge is -2.09. The second-order valence-electron chi connectivity index (χ2n) is 3.10. The van der Waals surface area contributed by atoms with Gasteiger partial charge in [-0.3, -0.25) is 9.59 Å². The Bertz CT molecular complexity index is 376. The summed E-state index contributed by atoms with van der Waals surface area (Å²) in [5, 5.41) is 2.49. The fourth-order valence-corrected chi connectivity index (χ4v) is 1.22. The Morgan fingerprint density at radius 3 is 2.33 bits per heavy atom. The van der Waals surface area contributed by atoms with Gasteiger partial charge < -0.3 is 11.1 Å². The van der Waals surface area contributed by atoms with Crippen molar-refractivity contribution in [3.8, 4) is 0 Å². The van der Waals surface area contributed by atoms with Crippen molar-refractivity contribution in [1.29, 1.82) is 0 Å². The van der Waals surface area contributed by atoms with Gasteiger partial charge in [-0.2, -0.15) is 0 Å². The maximum absolute atomic E-state index is 11.5. The number of carbonyl (C=O) groups excluding carboxylic acids is 2. The third kappa shape index (κ3) is 3.36. The molecule has 2 amide bonds. The highest BCUT2D eigenvalue weighted by atomic mass is 79.9. The second-order valence-corrected chi connectivity index (χ2v) is 4.02. The molecule has 0 saturated carbocycles. The van der Waals surface area contributed by atoms with Crippen molar-refractivity contribution >= 4 is 27.7 Å². The normalized spacial score (nSPS) is 11.9. The fraction of sp³-hybridized carbons (Fsp3) is 0.200. The van der Waals surface area contributed by atoms with Crippen molar-refractivity contribution in [2.45, 2.75) is 13.0 Å². The van der Waals surface area contributed by atoms with Gasteiger partial charge in [-0.1, -0.05) is 15.9 Å². The van der Waals surface area contributed by atoms with Gasteiger partial charge in [-0.25, -0.2) is 0 Å². The Hall–Kier alpha value is -1.36. The molecule has 1 aromatic rings. The molecule has 3 N–H and O–H groups in total. The molecule has 0 aromatic heterocycles. The monoisotopic (exact) mass is 270 g/mol. The van der Waals surface area contributed by atoms with E-state index in [1.54, 1.807) is 31.2 Å². The summed E-state index contributed by atoms with van der Waals surface area (Å²) in [6, 6.07) is 6.16. The standard InChI is InChI=1S/C10H11BrN2O2/c1-6(9(12)14)13-10(15)7-2-4-8(11)5-3-7/h2-6H,1H3,(H2,12,14)(H,13,15). The predicted molar refractivity (Wildman–Crippen MR) is 60.3 cm³/mol. The summed E-state index contributed by atoms with van der Waals surface area (Å²) in [6.45, 7) is 1.54. The zero-order chi connectivity index (χ0) is 11.4. The van der Waals surface area contributed by atoms with Gasteiger partial charge in [0.05, 0.1) is 0 Å². The van der Waals surface area contributed by atoms with E-state index in [-0.39, 0.29) is 5.91 Å². The third-order valence-corrected chi connectivity index (χ3v) is 2.41. The van der Waals surface area contributed by atoms with Crippen LogP contribution in [0.4, 0.5) is 0 Å². The molecule has 0 radical (unpaired) electrons. The molecule has 0 aliphatic heterocycles. The zero-order valence-corrected chi connectivity index (χ0v) is 9.74. The molecule has 0 aliphatic rings. The predicted octanol–water partition coefficient (Wildman–Crippen LogP) is 1.05. The highest BCUT2D eigenvalue weighted by Gasteiger charge is 2.13. The first kappa shape index (κ1) is 11.7. The van der Waals surface area contributed by atoms with Gasteiger partial charge in [-0.15, -0.1) is 0 Å². The first-order valence-corrected chi connectivity index (χ1v) is 5.15. The van der Waals surface area contributed by atoms with Gasteiger partial charge in [-0.05, 0) is 31.2 Å². The molecular formula is C10H11BrN2O2. The summed E-state index contributed by atoms with van der Waals surface area (Å²) in [5.41, 5.74) is 5.52. The van der Waals surface area contributed by atoms with Gasteiger partial charge in [0.15, 0.2) is 0 Å². The quantitative estimate of drug-likeness (QED) is 0.862. The number of hydrogen-bond donors (Lipinski definition) is 2. The summed E-state index contributed by atoms with van der Waals surface area (Å²) in [4.78, 5) is 22.3. The van der Waals surface area contributed by atoms with Gasteiger partial charge in [0.2, 0.25) is 5.91 Å². The van der Waals surface area contributed by atoms with Crippen LogP contribution in [0, 0.1) is 0 Å². The lowest BCUT2D eigenvalue weighted by molar-refractivity contribution is -0.119. The maximum atomic E-state index is 11.5. The van der Waals surface area contributed by atoms with E-state index in [0.717, 1.165) is 4.47 Å². The molecule has 0 aliphatic carbocycles. The molecule has 1 unspecified atom stereocenters. The Morgan fingerprint density at radius 1 is 1.33 bits per heavy atom. The van der Waals surface area contributed by atoms with Crippen molar-refractivity contribution in [2.24, 2.45) is 5.73 Å². The highest BCUT2D eigenvalue weighted by molar-refractivity contribution is 9.10. The number of rotatable bonds is 3. The molecule has 1 atom stereocenters. The number of halogens is 1. The van der Waals surface area contributed by atoms with E-state index in [1.807, 2.05) is 0 Å². The zero-order valence-electron chi connectivity index (χ0n) is 8.16. The molecule has 0 spiro atoms. The maximum Gasteiger partial charge on any atom is 0.251 e. The smallest absolute Gasteiger partial charge is 0.251 e. The molecule has 0 bridgehead atoms. The summed E-state index contributed by atoms with van der Waals surface area (Å²) >= 11 is 3.26. The van der Waals surface area contributed by atoms with Crippen LogP contribution >= 0.6 is 15.9 Å². The summed E-state index contributed by atoms with van der Waals surface area (Å²) in [7, 11) is 0. The van der Waals surface area contributed by atoms with E-state index < -0.39 is 11.9 Å². The molecular weight excluding hydrogens is 260 g/mol. The van der Waals surface area contributed by atoms with Crippen LogP contribution in [0.3, 0.4) is 0 Å². The molecule has 1 aromatic carbocycles. The Morgan fingerprint density at radius 2 is 1.87 bits per heavy atom. The highest BCUT2D eigenvalue weighted by Crippen LogP contribution is 2.10. The SMILES string of the molecule is CC(NC(=O)c1ccc(Br)cc1)C(N)=O. The third-order valence-electron chi connectivity index (χ3n) is 1.88. The number of hydrogen-bond acceptors (Lipinski definition) is 2. The second kappa shape index (κ2) is 4.93. The number of nitrogens with one attached hydrogen (secondary N) is 1. The van der Waals surface area contributed by atoms with E-state index in [9.17, 15) is 9.59 Å². The molecule has 0 fully saturated rings. The van der Waals surface area contributed by atoms with E-state index in [1.165, 1.54) is 0 Å². The summed E-state index contributed by atoms with van der Waals surface area (Å²) in [5.74, 6) is -0.866. The Balaban J connectivity index is 2.69. The van der Waals surface area contributed by atoms with Crippen LogP contribution in [-0.4, -0.2) is 17.9 Å². The molecule has 0 saturated heterocycles. The lowest BCUT2D eigenvalue weighted by atomic mass is 10.2. The molecule has 15 heavy (non-hydrogen) atoms. The van der Waals surface area contributed by atoms with Crippen LogP contribution in [0.1, 0.15) is 17.3 Å². The average Bonchev–Trinajstić information content (AvgIpc) is 2.18. The Labute approximate surface area is 96.0 Å². The van der Waals surface area contributed by atoms with Crippen LogP contribution < -0.4 is 11.1 Å². The topological polar surface area (TPSA) is 72.2 Å². The molecule has 1 rings (SSSR count). The molecule has 4 nitrogen and oxygen atoms in total. The summed E-state index contributed by atoms with van der Waals surface area (Å²) in [6.07, 6.45) is 0. The Kier molecular flexibility index (Phi) is 3.85. The fourth-order valence-electron chi connectivity index (χ4n) is 0.952.